The average molecular weight is 534 g/mol. The largest absolute Gasteiger partial charge is 0.484 e. The molecule has 0 saturated carbocycles. The predicted molar refractivity (Wildman–Crippen MR) is 136 cm³/mol. The summed E-state index contributed by atoms with van der Waals surface area (Å²) in [5.41, 5.74) is 2.43. The number of ether oxygens (including phenoxy) is 1. The summed E-state index contributed by atoms with van der Waals surface area (Å²) in [5.74, 6) is -0.0113. The molecule has 0 fully saturated rings. The lowest BCUT2D eigenvalue weighted by Gasteiger charge is -2.14. The fraction of sp³-hybridized carbons (Fsp3) is 0.261. The molecule has 0 unspecified atom stereocenters. The minimum atomic E-state index is -3.91. The molecule has 0 atom stereocenters. The molecule has 0 spiro atoms. The van der Waals surface area contributed by atoms with Gasteiger partial charge in [0, 0.05) is 30.7 Å². The first kappa shape index (κ1) is 27.0. The second-order valence-electron chi connectivity index (χ2n) is 8.10. The van der Waals surface area contributed by atoms with Gasteiger partial charge in [0.25, 0.3) is 15.9 Å². The molecule has 1 amide bonds. The Labute approximate surface area is 210 Å². The molecule has 3 rings (SSSR count). The Kier molecular flexibility index (Phi) is 8.28. The van der Waals surface area contributed by atoms with E-state index in [0.29, 0.717) is 22.8 Å². The predicted octanol–water partition coefficient (Wildman–Crippen LogP) is 2.30. The van der Waals surface area contributed by atoms with E-state index in [0.717, 1.165) is 11.8 Å². The highest BCUT2D eigenvalue weighted by Gasteiger charge is 2.16. The van der Waals surface area contributed by atoms with Gasteiger partial charge in [0.1, 0.15) is 5.75 Å². The number of benzene rings is 2. The van der Waals surface area contributed by atoms with E-state index < -0.39 is 26.0 Å². The average Bonchev–Trinajstić information content (AvgIpc) is 2.77. The minimum absolute atomic E-state index is 0.0129. The molecule has 2 N–H and O–H groups in total. The zero-order valence-corrected chi connectivity index (χ0v) is 21.9. The van der Waals surface area contributed by atoms with Crippen molar-refractivity contribution >= 4 is 37.6 Å². The number of hydrogen-bond acceptors (Lipinski definition) is 8. The van der Waals surface area contributed by atoms with E-state index in [1.54, 1.807) is 44.2 Å². The van der Waals surface area contributed by atoms with Gasteiger partial charge in [0.2, 0.25) is 16.0 Å². The monoisotopic (exact) mass is 533 g/mol. The number of nitrogens with one attached hydrogen (secondary N) is 2. The molecular weight excluding hydrogens is 506 g/mol. The molecule has 0 saturated heterocycles. The van der Waals surface area contributed by atoms with Gasteiger partial charge >= 0.3 is 0 Å². The van der Waals surface area contributed by atoms with Crippen LogP contribution in [0.15, 0.2) is 59.5 Å². The molecule has 192 valence electrons. The number of hydrogen-bond donors (Lipinski definition) is 2. The number of nitrogens with zero attached hydrogens (tertiary/aromatic N) is 3. The van der Waals surface area contributed by atoms with Crippen LogP contribution in [0.1, 0.15) is 17.0 Å². The van der Waals surface area contributed by atoms with E-state index in [9.17, 15) is 21.6 Å². The number of aromatic nitrogens is 2. The van der Waals surface area contributed by atoms with Crippen molar-refractivity contribution in [3.05, 3.63) is 71.5 Å². The molecular formula is C23H27N5O6S2. The van der Waals surface area contributed by atoms with Crippen LogP contribution in [0, 0.1) is 13.8 Å². The SMILES string of the molecule is Cc1cc(C)nc(NS(=O)(=O)c2ccc(NC(=O)COc3ccc(CN(C)S(C)(=O)=O)cc3)cc2)n1. The van der Waals surface area contributed by atoms with E-state index >= 15 is 0 Å². The van der Waals surface area contributed by atoms with Crippen LogP contribution in [0.4, 0.5) is 11.6 Å². The zero-order valence-electron chi connectivity index (χ0n) is 20.2. The molecule has 1 aromatic heterocycles. The highest BCUT2D eigenvalue weighted by atomic mass is 32.2. The fourth-order valence-electron chi connectivity index (χ4n) is 3.08. The third-order valence-corrected chi connectivity index (χ3v) is 7.53. The molecule has 3 aromatic rings. The normalized spacial score (nSPS) is 11.8. The summed E-state index contributed by atoms with van der Waals surface area (Å²) in [4.78, 5) is 20.4. The van der Waals surface area contributed by atoms with Crippen LogP contribution in [0.2, 0.25) is 0 Å². The van der Waals surface area contributed by atoms with Gasteiger partial charge in [-0.1, -0.05) is 12.1 Å². The smallest absolute Gasteiger partial charge is 0.264 e. The lowest BCUT2D eigenvalue weighted by molar-refractivity contribution is -0.118. The number of rotatable bonds is 10. The van der Waals surface area contributed by atoms with E-state index in [1.165, 1.54) is 35.6 Å². The van der Waals surface area contributed by atoms with Gasteiger partial charge < -0.3 is 10.1 Å². The Balaban J connectivity index is 1.53. The van der Waals surface area contributed by atoms with Crippen LogP contribution in [0.5, 0.6) is 5.75 Å². The van der Waals surface area contributed by atoms with Gasteiger partial charge in [0.15, 0.2) is 6.61 Å². The van der Waals surface area contributed by atoms with Gasteiger partial charge in [-0.25, -0.2) is 35.8 Å². The highest BCUT2D eigenvalue weighted by Crippen LogP contribution is 2.18. The Hall–Kier alpha value is -3.55. The van der Waals surface area contributed by atoms with Gasteiger partial charge in [-0.15, -0.1) is 0 Å². The van der Waals surface area contributed by atoms with E-state index in [4.69, 9.17) is 4.74 Å². The van der Waals surface area contributed by atoms with Crippen molar-refractivity contribution in [2.24, 2.45) is 0 Å². The second-order valence-corrected chi connectivity index (χ2v) is 11.9. The summed E-state index contributed by atoms with van der Waals surface area (Å²) in [6, 6.07) is 14.1. The molecule has 2 aromatic carbocycles. The summed E-state index contributed by atoms with van der Waals surface area (Å²) in [6.07, 6.45) is 1.13. The molecule has 36 heavy (non-hydrogen) atoms. The molecule has 13 heteroatoms. The van der Waals surface area contributed by atoms with Gasteiger partial charge in [-0.05, 0) is 61.9 Å². The van der Waals surface area contributed by atoms with Gasteiger partial charge in [-0.2, -0.15) is 0 Å². The number of amides is 1. The Bertz CT molecular complexity index is 1420. The van der Waals surface area contributed by atoms with Crippen LogP contribution < -0.4 is 14.8 Å². The fourth-order valence-corrected chi connectivity index (χ4v) is 4.41. The third-order valence-electron chi connectivity index (χ3n) is 4.92. The lowest BCUT2D eigenvalue weighted by Crippen LogP contribution is -2.24. The van der Waals surface area contributed by atoms with Crippen LogP contribution in [0.3, 0.4) is 0 Å². The molecule has 0 aliphatic carbocycles. The Morgan fingerprint density at radius 2 is 1.53 bits per heavy atom. The molecule has 0 aliphatic heterocycles. The maximum Gasteiger partial charge on any atom is 0.264 e. The number of carbonyl (C=O) groups is 1. The highest BCUT2D eigenvalue weighted by molar-refractivity contribution is 7.92. The zero-order chi connectivity index (χ0) is 26.5. The maximum atomic E-state index is 12.6. The molecule has 0 bridgehead atoms. The van der Waals surface area contributed by atoms with Crippen molar-refractivity contribution < 1.29 is 26.4 Å². The number of carbonyl (C=O) groups excluding carboxylic acids is 1. The first-order valence-corrected chi connectivity index (χ1v) is 14.0. The Morgan fingerprint density at radius 1 is 0.944 bits per heavy atom. The van der Waals surface area contributed by atoms with E-state index in [2.05, 4.69) is 20.0 Å². The first-order chi connectivity index (χ1) is 16.8. The quantitative estimate of drug-likeness (QED) is 0.403. The standard InChI is InChI=1S/C23H27N5O6S2/c1-16-13-17(2)25-23(24-16)27-36(32,33)21-11-7-19(8-12-21)26-22(29)15-34-20-9-5-18(6-10-20)14-28(3)35(4,30)31/h5-13H,14-15H2,1-4H3,(H,26,29)(H,24,25,27). The summed E-state index contributed by atoms with van der Waals surface area (Å²) < 4.78 is 57.3. The number of sulfonamides is 2. The molecule has 1 heterocycles. The third kappa shape index (κ3) is 7.73. The van der Waals surface area contributed by atoms with Gasteiger partial charge in [-0.3, -0.25) is 4.79 Å². The van der Waals surface area contributed by atoms with E-state index in [-0.39, 0.29) is 24.0 Å². The van der Waals surface area contributed by atoms with Crippen molar-refractivity contribution in [3.8, 4) is 5.75 Å². The van der Waals surface area contributed by atoms with Crippen molar-refractivity contribution in [2.45, 2.75) is 25.3 Å². The van der Waals surface area contributed by atoms with Crippen LogP contribution in [0.25, 0.3) is 0 Å². The first-order valence-electron chi connectivity index (χ1n) is 10.7. The van der Waals surface area contributed by atoms with Gasteiger partial charge in [0.05, 0.1) is 11.2 Å². The second kappa shape index (κ2) is 11.0. The van der Waals surface area contributed by atoms with Crippen LogP contribution in [-0.4, -0.2) is 56.9 Å². The summed E-state index contributed by atoms with van der Waals surface area (Å²) in [6.45, 7) is 3.43. The summed E-state index contributed by atoms with van der Waals surface area (Å²) in [7, 11) is -5.70. The number of aryl methyl sites for hydroxylation is 2. The van der Waals surface area contributed by atoms with Crippen LogP contribution >= 0.6 is 0 Å². The topological polar surface area (TPSA) is 148 Å². The van der Waals surface area contributed by atoms with E-state index in [1.807, 2.05) is 0 Å². The molecule has 0 radical (unpaired) electrons. The van der Waals surface area contributed by atoms with Crippen LogP contribution in [-0.2, 0) is 31.4 Å². The van der Waals surface area contributed by atoms with Crippen molar-refractivity contribution in [2.75, 3.05) is 29.9 Å². The van der Waals surface area contributed by atoms with Crippen molar-refractivity contribution in [1.82, 2.24) is 14.3 Å². The Morgan fingerprint density at radius 3 is 2.08 bits per heavy atom. The minimum Gasteiger partial charge on any atom is -0.484 e. The number of anilines is 2. The lowest BCUT2D eigenvalue weighted by atomic mass is 10.2. The molecule has 0 aliphatic rings. The summed E-state index contributed by atoms with van der Waals surface area (Å²) in [5, 5.41) is 2.63. The summed E-state index contributed by atoms with van der Waals surface area (Å²) >= 11 is 0. The maximum absolute atomic E-state index is 12.6. The van der Waals surface area contributed by atoms with Crippen molar-refractivity contribution in [3.63, 3.8) is 0 Å². The molecule has 11 nitrogen and oxygen atoms in total. The van der Waals surface area contributed by atoms with Crippen molar-refractivity contribution in [1.29, 1.82) is 0 Å².